The number of nitrogens with one attached hydrogen (secondary N) is 1. The SMILES string of the molecule is CC1(C)C(C(=O)Nc2cc(F)ccc2OCC(F)(F)F)C1c1ccc(S(N)(=O)=O)cc1. The van der Waals surface area contributed by atoms with E-state index in [1.807, 2.05) is 13.8 Å². The fourth-order valence-electron chi connectivity index (χ4n) is 3.71. The Hall–Kier alpha value is -2.66. The maximum absolute atomic E-state index is 13.6. The number of benzene rings is 2. The Morgan fingerprint density at radius 2 is 1.77 bits per heavy atom. The number of carbonyl (C=O) groups excluding carboxylic acids is 1. The van der Waals surface area contributed by atoms with Gasteiger partial charge in [0.2, 0.25) is 15.9 Å². The van der Waals surface area contributed by atoms with Crippen LogP contribution in [0.5, 0.6) is 5.75 Å². The van der Waals surface area contributed by atoms with Gasteiger partial charge >= 0.3 is 6.18 Å². The molecule has 11 heteroatoms. The van der Waals surface area contributed by atoms with Crippen LogP contribution < -0.4 is 15.2 Å². The first-order valence-corrected chi connectivity index (χ1v) is 10.7. The maximum atomic E-state index is 13.6. The molecule has 1 saturated carbocycles. The van der Waals surface area contributed by atoms with E-state index >= 15 is 0 Å². The van der Waals surface area contributed by atoms with Crippen molar-refractivity contribution in [3.05, 3.63) is 53.8 Å². The maximum Gasteiger partial charge on any atom is 0.422 e. The number of primary sulfonamides is 1. The Balaban J connectivity index is 1.79. The van der Waals surface area contributed by atoms with E-state index in [0.29, 0.717) is 5.56 Å². The number of nitrogens with two attached hydrogens (primary N) is 1. The van der Waals surface area contributed by atoms with Crippen LogP contribution in [0.1, 0.15) is 25.3 Å². The summed E-state index contributed by atoms with van der Waals surface area (Å²) >= 11 is 0. The van der Waals surface area contributed by atoms with Crippen molar-refractivity contribution in [1.29, 1.82) is 0 Å². The monoisotopic (exact) mass is 460 g/mol. The van der Waals surface area contributed by atoms with Gasteiger partial charge in [-0.3, -0.25) is 4.79 Å². The molecule has 2 aromatic rings. The van der Waals surface area contributed by atoms with Crippen LogP contribution >= 0.6 is 0 Å². The first-order valence-electron chi connectivity index (χ1n) is 9.13. The summed E-state index contributed by atoms with van der Waals surface area (Å²) < 4.78 is 78.5. The highest BCUT2D eigenvalue weighted by molar-refractivity contribution is 7.89. The van der Waals surface area contributed by atoms with Crippen LogP contribution in [-0.4, -0.2) is 27.1 Å². The van der Waals surface area contributed by atoms with Gasteiger partial charge in [-0.2, -0.15) is 13.2 Å². The largest absolute Gasteiger partial charge is 0.482 e. The summed E-state index contributed by atoms with van der Waals surface area (Å²) in [5, 5.41) is 7.54. The predicted molar refractivity (Wildman–Crippen MR) is 104 cm³/mol. The zero-order valence-electron chi connectivity index (χ0n) is 16.5. The molecule has 0 heterocycles. The highest BCUT2D eigenvalue weighted by Gasteiger charge is 2.62. The van der Waals surface area contributed by atoms with Crippen LogP contribution in [0.2, 0.25) is 0 Å². The molecule has 6 nitrogen and oxygen atoms in total. The van der Waals surface area contributed by atoms with Crippen molar-refractivity contribution in [2.45, 2.75) is 30.8 Å². The average molecular weight is 460 g/mol. The Morgan fingerprint density at radius 1 is 1.16 bits per heavy atom. The van der Waals surface area contributed by atoms with Gasteiger partial charge in [-0.15, -0.1) is 0 Å². The second-order valence-corrected chi connectivity index (χ2v) is 9.49. The lowest BCUT2D eigenvalue weighted by Crippen LogP contribution is -2.21. The lowest BCUT2D eigenvalue weighted by molar-refractivity contribution is -0.153. The molecular formula is C20H20F4N2O4S. The predicted octanol–water partition coefficient (Wildman–Crippen LogP) is 3.79. The lowest BCUT2D eigenvalue weighted by Gasteiger charge is -2.14. The summed E-state index contributed by atoms with van der Waals surface area (Å²) in [6, 6.07) is 8.61. The molecule has 0 spiro atoms. The molecule has 2 atom stereocenters. The van der Waals surface area contributed by atoms with Gasteiger partial charge in [-0.1, -0.05) is 26.0 Å². The van der Waals surface area contributed by atoms with E-state index in [2.05, 4.69) is 5.32 Å². The van der Waals surface area contributed by atoms with Crippen LogP contribution in [0.3, 0.4) is 0 Å². The molecule has 3 rings (SSSR count). The molecule has 2 aromatic carbocycles. The van der Waals surface area contributed by atoms with E-state index in [-0.39, 0.29) is 22.3 Å². The Labute approximate surface area is 176 Å². The molecule has 2 unspecified atom stereocenters. The van der Waals surface area contributed by atoms with Crippen molar-refractivity contribution >= 4 is 21.6 Å². The number of hydrogen-bond donors (Lipinski definition) is 2. The number of carbonyl (C=O) groups is 1. The van der Waals surface area contributed by atoms with Gasteiger partial charge in [0, 0.05) is 12.0 Å². The molecule has 3 N–H and O–H groups in total. The third-order valence-electron chi connectivity index (χ3n) is 5.27. The minimum Gasteiger partial charge on any atom is -0.482 e. The summed E-state index contributed by atoms with van der Waals surface area (Å²) in [5.41, 5.74) is -0.0290. The minimum atomic E-state index is -4.59. The van der Waals surface area contributed by atoms with E-state index in [0.717, 1.165) is 18.2 Å². The van der Waals surface area contributed by atoms with Crippen molar-refractivity contribution < 1.29 is 35.5 Å². The number of sulfonamides is 1. The highest BCUT2D eigenvalue weighted by atomic mass is 32.2. The molecule has 0 radical (unpaired) electrons. The van der Waals surface area contributed by atoms with E-state index in [9.17, 15) is 30.8 Å². The lowest BCUT2D eigenvalue weighted by atomic mass is 10.0. The molecule has 0 bridgehead atoms. The molecule has 31 heavy (non-hydrogen) atoms. The zero-order chi connectivity index (χ0) is 23.2. The second-order valence-electron chi connectivity index (χ2n) is 7.92. The number of alkyl halides is 3. The topological polar surface area (TPSA) is 98.5 Å². The fraction of sp³-hybridized carbons (Fsp3) is 0.350. The third-order valence-corrected chi connectivity index (χ3v) is 6.20. The number of anilines is 1. The Morgan fingerprint density at radius 3 is 2.32 bits per heavy atom. The van der Waals surface area contributed by atoms with E-state index < -0.39 is 45.9 Å². The van der Waals surface area contributed by atoms with Crippen LogP contribution in [0.25, 0.3) is 0 Å². The number of halogens is 4. The van der Waals surface area contributed by atoms with Crippen molar-refractivity contribution in [3.8, 4) is 5.75 Å². The number of hydrogen-bond acceptors (Lipinski definition) is 4. The van der Waals surface area contributed by atoms with E-state index in [4.69, 9.17) is 9.88 Å². The van der Waals surface area contributed by atoms with Gasteiger partial charge in [-0.05, 0) is 35.2 Å². The molecule has 0 aromatic heterocycles. The van der Waals surface area contributed by atoms with Crippen molar-refractivity contribution in [1.82, 2.24) is 0 Å². The molecule has 168 valence electrons. The van der Waals surface area contributed by atoms with Gasteiger partial charge in [-0.25, -0.2) is 17.9 Å². The first kappa shape index (κ1) is 23.0. The summed E-state index contributed by atoms with van der Waals surface area (Å²) in [6.07, 6.45) is -4.59. The van der Waals surface area contributed by atoms with Crippen LogP contribution in [-0.2, 0) is 14.8 Å². The number of ether oxygens (including phenoxy) is 1. The summed E-state index contributed by atoms with van der Waals surface area (Å²) in [7, 11) is -3.86. The quantitative estimate of drug-likeness (QED) is 0.641. The van der Waals surface area contributed by atoms with Crippen molar-refractivity contribution in [2.75, 3.05) is 11.9 Å². The normalized spacial score (nSPS) is 20.2. The van der Waals surface area contributed by atoms with Gasteiger partial charge in [0.05, 0.1) is 16.5 Å². The van der Waals surface area contributed by atoms with Crippen LogP contribution in [0.15, 0.2) is 47.4 Å². The summed E-state index contributed by atoms with van der Waals surface area (Å²) in [6.45, 7) is 2.06. The number of rotatable bonds is 6. The van der Waals surface area contributed by atoms with Gasteiger partial charge in [0.15, 0.2) is 6.61 Å². The smallest absolute Gasteiger partial charge is 0.422 e. The first-order chi connectivity index (χ1) is 14.2. The standard InChI is InChI=1S/C20H20F4N2O4S/c1-19(2)16(11-3-6-13(7-4-11)31(25,28)29)17(19)18(27)26-14-9-12(21)5-8-15(14)30-10-20(22,23)24/h3-9,16-17H,10H2,1-2H3,(H,26,27)(H2,25,28,29). The Kier molecular flexibility index (Phi) is 5.78. The Bertz CT molecular complexity index is 1100. The summed E-state index contributed by atoms with van der Waals surface area (Å²) in [4.78, 5) is 12.8. The molecule has 1 aliphatic carbocycles. The van der Waals surface area contributed by atoms with Crippen LogP contribution in [0, 0.1) is 17.2 Å². The molecular weight excluding hydrogens is 440 g/mol. The van der Waals surface area contributed by atoms with Gasteiger partial charge in [0.1, 0.15) is 11.6 Å². The van der Waals surface area contributed by atoms with Crippen LogP contribution in [0.4, 0.5) is 23.2 Å². The average Bonchev–Trinajstić information content (AvgIpc) is 3.22. The van der Waals surface area contributed by atoms with E-state index in [1.165, 1.54) is 12.1 Å². The second kappa shape index (κ2) is 7.79. The minimum absolute atomic E-state index is 0.0677. The molecule has 1 aliphatic rings. The molecule has 0 aliphatic heterocycles. The van der Waals surface area contributed by atoms with Gasteiger partial charge < -0.3 is 10.1 Å². The third kappa shape index (κ3) is 5.16. The molecule has 1 amide bonds. The van der Waals surface area contributed by atoms with Crippen molar-refractivity contribution in [2.24, 2.45) is 16.5 Å². The van der Waals surface area contributed by atoms with Gasteiger partial charge in [0.25, 0.3) is 0 Å². The number of amides is 1. The van der Waals surface area contributed by atoms with Crippen molar-refractivity contribution in [3.63, 3.8) is 0 Å². The summed E-state index contributed by atoms with van der Waals surface area (Å²) in [5.74, 6) is -2.44. The molecule has 0 saturated heterocycles. The fourth-order valence-corrected chi connectivity index (χ4v) is 4.23. The zero-order valence-corrected chi connectivity index (χ0v) is 17.4. The highest BCUT2D eigenvalue weighted by Crippen LogP contribution is 2.64. The van der Waals surface area contributed by atoms with E-state index in [1.54, 1.807) is 12.1 Å². The molecule has 1 fully saturated rings.